The molecule has 0 saturated carbocycles. The van der Waals surface area contributed by atoms with Gasteiger partial charge in [-0.25, -0.2) is 4.79 Å². The van der Waals surface area contributed by atoms with E-state index in [1.165, 1.54) is 0 Å². The zero-order chi connectivity index (χ0) is 8.72. The number of hydrogen-bond acceptors (Lipinski definition) is 3. The average Bonchev–Trinajstić information content (AvgIpc) is 2.31. The van der Waals surface area contributed by atoms with E-state index in [2.05, 4.69) is 4.74 Å². The van der Waals surface area contributed by atoms with Gasteiger partial charge >= 0.3 is 5.97 Å². The zero-order valence-corrected chi connectivity index (χ0v) is 6.46. The SMILES string of the molecule is Cc1ccc2c(c1)C(=O)C(=O)O2. The standard InChI is InChI=1S/C9H6O3/c1-5-2-3-7-6(4-5)8(10)9(11)12-7/h2-4H,1H3. The number of esters is 1. The van der Waals surface area contributed by atoms with Crippen LogP contribution in [0.4, 0.5) is 0 Å². The molecule has 2 rings (SSSR count). The lowest BCUT2D eigenvalue weighted by molar-refractivity contribution is -0.128. The van der Waals surface area contributed by atoms with Crippen molar-refractivity contribution in [3.8, 4) is 5.75 Å². The van der Waals surface area contributed by atoms with Crippen molar-refractivity contribution in [2.75, 3.05) is 0 Å². The second-order valence-corrected chi connectivity index (χ2v) is 2.72. The van der Waals surface area contributed by atoms with Crippen molar-refractivity contribution in [1.29, 1.82) is 0 Å². The van der Waals surface area contributed by atoms with Crippen LogP contribution < -0.4 is 4.74 Å². The largest absolute Gasteiger partial charge is 0.420 e. The van der Waals surface area contributed by atoms with Gasteiger partial charge in [-0.1, -0.05) is 11.6 Å². The first-order chi connectivity index (χ1) is 5.68. The van der Waals surface area contributed by atoms with Crippen LogP contribution >= 0.6 is 0 Å². The molecule has 1 heterocycles. The summed E-state index contributed by atoms with van der Waals surface area (Å²) in [6.07, 6.45) is 0. The molecule has 1 aliphatic heterocycles. The molecule has 0 fully saturated rings. The summed E-state index contributed by atoms with van der Waals surface area (Å²) < 4.78 is 4.69. The van der Waals surface area contributed by atoms with E-state index in [9.17, 15) is 9.59 Å². The minimum Gasteiger partial charge on any atom is -0.420 e. The summed E-state index contributed by atoms with van der Waals surface area (Å²) in [5.41, 5.74) is 1.32. The van der Waals surface area contributed by atoms with E-state index in [0.717, 1.165) is 5.56 Å². The first-order valence-electron chi connectivity index (χ1n) is 3.55. The summed E-state index contributed by atoms with van der Waals surface area (Å²) in [6.45, 7) is 1.86. The Morgan fingerprint density at radius 2 is 2.00 bits per heavy atom. The second-order valence-electron chi connectivity index (χ2n) is 2.72. The molecule has 0 N–H and O–H groups in total. The second kappa shape index (κ2) is 2.17. The molecular weight excluding hydrogens is 156 g/mol. The molecule has 3 nitrogen and oxygen atoms in total. The summed E-state index contributed by atoms with van der Waals surface area (Å²) in [5, 5.41) is 0. The number of rotatable bonds is 0. The van der Waals surface area contributed by atoms with Gasteiger partial charge in [-0.15, -0.1) is 0 Å². The third-order valence-electron chi connectivity index (χ3n) is 1.77. The summed E-state index contributed by atoms with van der Waals surface area (Å²) in [7, 11) is 0. The van der Waals surface area contributed by atoms with Crippen molar-refractivity contribution < 1.29 is 14.3 Å². The van der Waals surface area contributed by atoms with Crippen LogP contribution in [0, 0.1) is 6.92 Å². The van der Waals surface area contributed by atoms with Gasteiger partial charge in [0.05, 0.1) is 5.56 Å². The maximum Gasteiger partial charge on any atom is 0.385 e. The number of hydrogen-bond donors (Lipinski definition) is 0. The van der Waals surface area contributed by atoms with E-state index in [1.807, 2.05) is 6.92 Å². The summed E-state index contributed by atoms with van der Waals surface area (Å²) in [6, 6.07) is 5.08. The molecule has 0 aliphatic carbocycles. The molecule has 0 amide bonds. The molecular formula is C9H6O3. The highest BCUT2D eigenvalue weighted by Gasteiger charge is 2.30. The number of ether oxygens (including phenoxy) is 1. The van der Waals surface area contributed by atoms with Crippen molar-refractivity contribution in [3.63, 3.8) is 0 Å². The lowest BCUT2D eigenvalue weighted by atomic mass is 10.1. The van der Waals surface area contributed by atoms with Crippen LogP contribution in [0.5, 0.6) is 5.75 Å². The maximum absolute atomic E-state index is 11.1. The fourth-order valence-corrected chi connectivity index (χ4v) is 1.17. The van der Waals surface area contributed by atoms with E-state index < -0.39 is 11.8 Å². The highest BCUT2D eigenvalue weighted by Crippen LogP contribution is 2.26. The van der Waals surface area contributed by atoms with Crippen LogP contribution in [0.25, 0.3) is 0 Å². The minimum absolute atomic E-state index is 0.371. The third-order valence-corrected chi connectivity index (χ3v) is 1.77. The minimum atomic E-state index is -0.782. The molecule has 0 saturated heterocycles. The Labute approximate surface area is 69.0 Å². The number of carbonyl (C=O) groups is 2. The topological polar surface area (TPSA) is 43.4 Å². The van der Waals surface area contributed by atoms with Gasteiger partial charge in [-0.3, -0.25) is 4.79 Å². The molecule has 0 aromatic heterocycles. The van der Waals surface area contributed by atoms with Crippen molar-refractivity contribution in [3.05, 3.63) is 29.3 Å². The van der Waals surface area contributed by atoms with Crippen LogP contribution in [0.1, 0.15) is 15.9 Å². The lowest BCUT2D eigenvalue weighted by Gasteiger charge is -1.94. The average molecular weight is 162 g/mol. The van der Waals surface area contributed by atoms with Crippen molar-refractivity contribution in [1.82, 2.24) is 0 Å². The van der Waals surface area contributed by atoms with Crippen molar-refractivity contribution in [2.24, 2.45) is 0 Å². The van der Waals surface area contributed by atoms with Crippen LogP contribution in [0.3, 0.4) is 0 Å². The van der Waals surface area contributed by atoms with Gasteiger partial charge in [0.15, 0.2) is 0 Å². The maximum atomic E-state index is 11.1. The quantitative estimate of drug-likeness (QED) is 0.326. The Morgan fingerprint density at radius 3 is 2.75 bits per heavy atom. The van der Waals surface area contributed by atoms with Gasteiger partial charge in [0.2, 0.25) is 0 Å². The number of Topliss-reactive ketones (excluding diaryl/α,β-unsaturated/α-hetero) is 1. The smallest absolute Gasteiger partial charge is 0.385 e. The molecule has 3 heteroatoms. The molecule has 1 aromatic carbocycles. The monoisotopic (exact) mass is 162 g/mol. The number of carbonyl (C=O) groups excluding carboxylic acids is 2. The van der Waals surface area contributed by atoms with Gasteiger partial charge in [-0.2, -0.15) is 0 Å². The predicted molar refractivity (Wildman–Crippen MR) is 41.1 cm³/mol. The summed E-state index contributed by atoms with van der Waals surface area (Å²) in [4.78, 5) is 21.8. The molecule has 0 spiro atoms. The predicted octanol–water partition coefficient (Wildman–Crippen LogP) is 1.10. The summed E-state index contributed by atoms with van der Waals surface area (Å²) in [5.74, 6) is -0.958. The number of fused-ring (bicyclic) bond motifs is 1. The van der Waals surface area contributed by atoms with Crippen LogP contribution in [-0.2, 0) is 4.79 Å². The van der Waals surface area contributed by atoms with Crippen LogP contribution in [-0.4, -0.2) is 11.8 Å². The van der Waals surface area contributed by atoms with E-state index in [-0.39, 0.29) is 0 Å². The van der Waals surface area contributed by atoms with Crippen LogP contribution in [0.15, 0.2) is 18.2 Å². The van der Waals surface area contributed by atoms with E-state index in [1.54, 1.807) is 18.2 Å². The van der Waals surface area contributed by atoms with Gasteiger partial charge in [0, 0.05) is 0 Å². The molecule has 60 valence electrons. The van der Waals surface area contributed by atoms with Gasteiger partial charge in [-0.05, 0) is 19.1 Å². The van der Waals surface area contributed by atoms with E-state index in [0.29, 0.717) is 11.3 Å². The lowest BCUT2D eigenvalue weighted by Crippen LogP contribution is -2.10. The fourth-order valence-electron chi connectivity index (χ4n) is 1.17. The van der Waals surface area contributed by atoms with Crippen molar-refractivity contribution in [2.45, 2.75) is 6.92 Å². The zero-order valence-electron chi connectivity index (χ0n) is 6.46. The fraction of sp³-hybridized carbons (Fsp3) is 0.111. The molecule has 1 aliphatic rings. The van der Waals surface area contributed by atoms with Gasteiger partial charge < -0.3 is 4.74 Å². The van der Waals surface area contributed by atoms with Crippen molar-refractivity contribution >= 4 is 11.8 Å². The molecule has 12 heavy (non-hydrogen) atoms. The molecule has 0 atom stereocenters. The Morgan fingerprint density at radius 1 is 1.25 bits per heavy atom. The molecule has 0 unspecified atom stereocenters. The first-order valence-corrected chi connectivity index (χ1v) is 3.55. The number of ketones is 1. The normalized spacial score (nSPS) is 14.4. The Bertz CT molecular complexity index is 379. The van der Waals surface area contributed by atoms with E-state index >= 15 is 0 Å². The number of benzene rings is 1. The van der Waals surface area contributed by atoms with Gasteiger partial charge in [0.1, 0.15) is 5.75 Å². The Kier molecular flexibility index (Phi) is 1.27. The third kappa shape index (κ3) is 0.830. The van der Waals surface area contributed by atoms with Crippen LogP contribution in [0.2, 0.25) is 0 Å². The Hall–Kier alpha value is -1.64. The highest BCUT2D eigenvalue weighted by molar-refractivity contribution is 6.44. The summed E-state index contributed by atoms with van der Waals surface area (Å²) >= 11 is 0. The van der Waals surface area contributed by atoms with Gasteiger partial charge in [0.25, 0.3) is 5.78 Å². The first kappa shape index (κ1) is 7.03. The molecule has 0 bridgehead atoms. The Balaban J connectivity index is 2.63. The molecule has 1 aromatic rings. The molecule has 0 radical (unpaired) electrons. The number of aryl methyl sites for hydroxylation is 1. The highest BCUT2D eigenvalue weighted by atomic mass is 16.5. The van der Waals surface area contributed by atoms with E-state index in [4.69, 9.17) is 0 Å².